The second-order valence-electron chi connectivity index (χ2n) is 6.04. The van der Waals surface area contributed by atoms with Crippen LogP contribution in [0, 0.1) is 0 Å². The van der Waals surface area contributed by atoms with E-state index in [2.05, 4.69) is 5.16 Å². The van der Waals surface area contributed by atoms with Gasteiger partial charge in [-0.1, -0.05) is 53.7 Å². The zero-order valence-electron chi connectivity index (χ0n) is 14.1. The van der Waals surface area contributed by atoms with Crippen LogP contribution in [0.15, 0.2) is 88.6 Å². The molecule has 2 heterocycles. The van der Waals surface area contributed by atoms with Gasteiger partial charge in [0.1, 0.15) is 5.76 Å². The predicted molar refractivity (Wildman–Crippen MR) is 98.8 cm³/mol. The number of amides is 1. The lowest BCUT2D eigenvalue weighted by molar-refractivity contribution is -0.128. The van der Waals surface area contributed by atoms with E-state index in [0.717, 1.165) is 17.0 Å². The molecular formula is C21H18N2O3. The van der Waals surface area contributed by atoms with Crippen LogP contribution in [-0.4, -0.2) is 17.7 Å². The molecule has 1 atom stereocenters. The minimum Gasteiger partial charge on any atom is -0.467 e. The summed E-state index contributed by atoms with van der Waals surface area (Å²) in [6.07, 6.45) is 1.41. The molecule has 1 amide bonds. The van der Waals surface area contributed by atoms with Gasteiger partial charge in [0.25, 0.3) is 5.91 Å². The Balaban J connectivity index is 1.54. The van der Waals surface area contributed by atoms with Crippen LogP contribution in [0.1, 0.15) is 17.7 Å². The highest BCUT2D eigenvalue weighted by Gasteiger charge is 2.33. The van der Waals surface area contributed by atoms with E-state index in [9.17, 15) is 4.79 Å². The number of hydrogen-bond donors (Lipinski definition) is 0. The number of nitrogens with zero attached hydrogens (tertiary/aromatic N) is 2. The van der Waals surface area contributed by atoms with Crippen LogP contribution in [0.5, 0.6) is 0 Å². The van der Waals surface area contributed by atoms with Gasteiger partial charge in [-0.3, -0.25) is 4.79 Å². The molecule has 0 bridgehead atoms. The summed E-state index contributed by atoms with van der Waals surface area (Å²) >= 11 is 0. The van der Waals surface area contributed by atoms with E-state index < -0.39 is 6.10 Å². The summed E-state index contributed by atoms with van der Waals surface area (Å²) in [7, 11) is 0. The highest BCUT2D eigenvalue weighted by molar-refractivity contribution is 6.06. The Morgan fingerprint density at radius 1 is 1.00 bits per heavy atom. The molecule has 130 valence electrons. The molecular weight excluding hydrogens is 328 g/mol. The van der Waals surface area contributed by atoms with Gasteiger partial charge < -0.3 is 14.2 Å². The van der Waals surface area contributed by atoms with Crippen molar-refractivity contribution in [3.8, 4) is 0 Å². The highest BCUT2D eigenvalue weighted by Crippen LogP contribution is 2.23. The van der Waals surface area contributed by atoms with Gasteiger partial charge in [-0.25, -0.2) is 0 Å². The van der Waals surface area contributed by atoms with E-state index in [1.807, 2.05) is 72.8 Å². The van der Waals surface area contributed by atoms with Gasteiger partial charge in [0.05, 0.1) is 18.5 Å². The molecule has 0 aliphatic carbocycles. The molecule has 1 aliphatic rings. The molecule has 26 heavy (non-hydrogen) atoms. The number of rotatable bonds is 5. The van der Waals surface area contributed by atoms with Gasteiger partial charge in [0, 0.05) is 12.1 Å². The van der Waals surface area contributed by atoms with Crippen molar-refractivity contribution in [3.63, 3.8) is 0 Å². The molecule has 0 fully saturated rings. The summed E-state index contributed by atoms with van der Waals surface area (Å²) in [5, 5.41) is 4.13. The first-order valence-electron chi connectivity index (χ1n) is 8.48. The first-order chi connectivity index (χ1) is 12.8. The van der Waals surface area contributed by atoms with E-state index in [0.29, 0.717) is 18.7 Å². The number of carbonyl (C=O) groups excluding carboxylic acids is 1. The lowest BCUT2D eigenvalue weighted by Gasteiger charge is -2.24. The minimum absolute atomic E-state index is 0.137. The lowest BCUT2D eigenvalue weighted by Crippen LogP contribution is -2.39. The Morgan fingerprint density at radius 3 is 2.42 bits per heavy atom. The Kier molecular flexibility index (Phi) is 4.51. The maximum absolute atomic E-state index is 13.1. The molecule has 5 nitrogen and oxygen atoms in total. The molecule has 0 radical (unpaired) electrons. The topological polar surface area (TPSA) is 55.0 Å². The van der Waals surface area contributed by atoms with Gasteiger partial charge in [-0.15, -0.1) is 0 Å². The summed E-state index contributed by atoms with van der Waals surface area (Å²) < 4.78 is 5.43. The van der Waals surface area contributed by atoms with Crippen molar-refractivity contribution in [3.05, 3.63) is 90.4 Å². The monoisotopic (exact) mass is 346 g/mol. The van der Waals surface area contributed by atoms with E-state index in [4.69, 9.17) is 9.25 Å². The van der Waals surface area contributed by atoms with Gasteiger partial charge >= 0.3 is 0 Å². The summed E-state index contributed by atoms with van der Waals surface area (Å²) in [6, 6.07) is 22.9. The fourth-order valence-corrected chi connectivity index (χ4v) is 2.95. The van der Waals surface area contributed by atoms with Crippen LogP contribution in [0.25, 0.3) is 0 Å². The van der Waals surface area contributed by atoms with Crippen LogP contribution < -0.4 is 4.90 Å². The Labute approximate surface area is 151 Å². The molecule has 0 saturated heterocycles. The van der Waals surface area contributed by atoms with Gasteiger partial charge in [0.15, 0.2) is 0 Å². The third kappa shape index (κ3) is 3.37. The van der Waals surface area contributed by atoms with Crippen molar-refractivity contribution in [2.24, 2.45) is 5.16 Å². The number of furan rings is 1. The molecule has 0 saturated carbocycles. The maximum Gasteiger partial charge on any atom is 0.271 e. The minimum atomic E-state index is -0.639. The molecule has 0 unspecified atom stereocenters. The standard InChI is InChI=1S/C21H18N2O3/c24-21(20-14-19(22-26-20)16-8-3-1-4-9-16)23(15-18-12-7-13-25-18)17-10-5-2-6-11-17/h1-13,20H,14-15H2/t20-/m1/s1. The summed E-state index contributed by atoms with van der Waals surface area (Å²) in [5.74, 6) is 0.576. The molecule has 3 aromatic rings. The molecule has 1 aromatic heterocycles. The average Bonchev–Trinajstić information content (AvgIpc) is 3.39. The van der Waals surface area contributed by atoms with E-state index in [1.165, 1.54) is 0 Å². The zero-order chi connectivity index (χ0) is 17.8. The van der Waals surface area contributed by atoms with Crippen LogP contribution in [0.3, 0.4) is 0 Å². The predicted octanol–water partition coefficient (Wildman–Crippen LogP) is 4.01. The maximum atomic E-state index is 13.1. The van der Waals surface area contributed by atoms with Crippen molar-refractivity contribution in [2.45, 2.75) is 19.1 Å². The zero-order valence-corrected chi connectivity index (χ0v) is 14.1. The van der Waals surface area contributed by atoms with E-state index in [1.54, 1.807) is 11.2 Å². The quantitative estimate of drug-likeness (QED) is 0.701. The van der Waals surface area contributed by atoms with Gasteiger partial charge in [0.2, 0.25) is 6.10 Å². The summed E-state index contributed by atoms with van der Waals surface area (Å²) in [4.78, 5) is 20.3. The first kappa shape index (κ1) is 16.1. The molecule has 0 N–H and O–H groups in total. The van der Waals surface area contributed by atoms with E-state index in [-0.39, 0.29) is 5.91 Å². The van der Waals surface area contributed by atoms with Crippen LogP contribution >= 0.6 is 0 Å². The highest BCUT2D eigenvalue weighted by atomic mass is 16.6. The largest absolute Gasteiger partial charge is 0.467 e. The van der Waals surface area contributed by atoms with Crippen molar-refractivity contribution < 1.29 is 14.0 Å². The Hall–Kier alpha value is -3.34. The number of para-hydroxylation sites is 1. The summed E-state index contributed by atoms with van der Waals surface area (Å²) in [5.41, 5.74) is 2.56. The number of carbonyl (C=O) groups is 1. The van der Waals surface area contributed by atoms with Gasteiger partial charge in [-0.05, 0) is 29.8 Å². The molecule has 1 aliphatic heterocycles. The SMILES string of the molecule is O=C([C@H]1CC(c2ccccc2)=NO1)N(Cc1ccco1)c1ccccc1. The van der Waals surface area contributed by atoms with Crippen molar-refractivity contribution in [2.75, 3.05) is 4.90 Å². The normalized spacial score (nSPS) is 16.0. The second kappa shape index (κ2) is 7.27. The number of hydrogen-bond acceptors (Lipinski definition) is 4. The van der Waals surface area contributed by atoms with Gasteiger partial charge in [-0.2, -0.15) is 0 Å². The molecule has 5 heteroatoms. The van der Waals surface area contributed by atoms with Crippen LogP contribution in [0.2, 0.25) is 0 Å². The number of benzene rings is 2. The third-order valence-electron chi connectivity index (χ3n) is 4.28. The molecule has 4 rings (SSSR count). The number of anilines is 1. The fraction of sp³-hybridized carbons (Fsp3) is 0.143. The molecule has 2 aromatic carbocycles. The van der Waals surface area contributed by atoms with Crippen molar-refractivity contribution >= 4 is 17.3 Å². The third-order valence-corrected chi connectivity index (χ3v) is 4.28. The van der Waals surface area contributed by atoms with E-state index >= 15 is 0 Å². The smallest absolute Gasteiger partial charge is 0.271 e. The molecule has 0 spiro atoms. The second-order valence-corrected chi connectivity index (χ2v) is 6.04. The number of oxime groups is 1. The van der Waals surface area contributed by atoms with Crippen LogP contribution in [-0.2, 0) is 16.2 Å². The fourth-order valence-electron chi connectivity index (χ4n) is 2.95. The average molecular weight is 346 g/mol. The lowest BCUT2D eigenvalue weighted by atomic mass is 10.0. The van der Waals surface area contributed by atoms with Crippen LogP contribution in [0.4, 0.5) is 5.69 Å². The summed E-state index contributed by atoms with van der Waals surface area (Å²) in [6.45, 7) is 0.344. The van der Waals surface area contributed by atoms with Crippen molar-refractivity contribution in [1.82, 2.24) is 0 Å². The first-order valence-corrected chi connectivity index (χ1v) is 8.48. The Morgan fingerprint density at radius 2 is 1.73 bits per heavy atom. The Bertz CT molecular complexity index is 890. The van der Waals surface area contributed by atoms with Crippen molar-refractivity contribution in [1.29, 1.82) is 0 Å².